The van der Waals surface area contributed by atoms with E-state index in [-0.39, 0.29) is 22.5 Å². The van der Waals surface area contributed by atoms with Crippen LogP contribution in [0, 0.1) is 5.82 Å². The fourth-order valence-corrected chi connectivity index (χ4v) is 3.04. The van der Waals surface area contributed by atoms with E-state index >= 15 is 0 Å². The lowest BCUT2D eigenvalue weighted by Gasteiger charge is -2.19. The van der Waals surface area contributed by atoms with E-state index in [0.29, 0.717) is 5.56 Å². The molecule has 0 atom stereocenters. The Morgan fingerprint density at radius 1 is 1.10 bits per heavy atom. The van der Waals surface area contributed by atoms with E-state index in [1.54, 1.807) is 0 Å². The number of ether oxygens (including phenoxy) is 1. The predicted octanol–water partition coefficient (Wildman–Crippen LogP) is 4.72. The maximum Gasteiger partial charge on any atom is 0.416 e. The number of carbonyl (C=O) groups excluding carboxylic acids is 2. The SMILES string of the molecule is COC(=O)C1=C(C)N(c2cccc(C(F)(F)F)c2)C(=O)/C1=C\c1ccc(F)cc1. The Morgan fingerprint density at radius 2 is 1.76 bits per heavy atom. The van der Waals surface area contributed by atoms with Gasteiger partial charge < -0.3 is 4.74 Å². The van der Waals surface area contributed by atoms with E-state index in [0.717, 1.165) is 24.1 Å². The Balaban J connectivity index is 2.13. The Bertz CT molecular complexity index is 1040. The minimum Gasteiger partial charge on any atom is -0.465 e. The Hall–Kier alpha value is -3.42. The van der Waals surface area contributed by atoms with Gasteiger partial charge in [0.1, 0.15) is 5.82 Å². The second kappa shape index (κ2) is 7.54. The van der Waals surface area contributed by atoms with Gasteiger partial charge in [-0.05, 0) is 48.9 Å². The first-order valence-corrected chi connectivity index (χ1v) is 8.42. The molecule has 3 rings (SSSR count). The molecule has 0 saturated heterocycles. The number of esters is 1. The molecule has 0 aliphatic carbocycles. The van der Waals surface area contributed by atoms with E-state index in [4.69, 9.17) is 4.74 Å². The zero-order valence-corrected chi connectivity index (χ0v) is 15.4. The first-order chi connectivity index (χ1) is 13.6. The van der Waals surface area contributed by atoms with Gasteiger partial charge in [-0.2, -0.15) is 13.2 Å². The number of amides is 1. The highest BCUT2D eigenvalue weighted by molar-refractivity contribution is 6.23. The van der Waals surface area contributed by atoms with Crippen LogP contribution in [0.15, 0.2) is 65.4 Å². The molecule has 150 valence electrons. The zero-order chi connectivity index (χ0) is 21.3. The number of anilines is 1. The van der Waals surface area contributed by atoms with Crippen LogP contribution in [0.3, 0.4) is 0 Å². The van der Waals surface area contributed by atoms with Crippen LogP contribution in [0.4, 0.5) is 23.2 Å². The molecule has 0 radical (unpaired) electrons. The van der Waals surface area contributed by atoms with Crippen LogP contribution in [-0.2, 0) is 20.5 Å². The topological polar surface area (TPSA) is 46.6 Å². The molecule has 2 aromatic rings. The molecule has 0 unspecified atom stereocenters. The van der Waals surface area contributed by atoms with Gasteiger partial charge in [0.25, 0.3) is 5.91 Å². The van der Waals surface area contributed by atoms with Crippen molar-refractivity contribution in [1.29, 1.82) is 0 Å². The maximum absolute atomic E-state index is 13.1. The third-order valence-electron chi connectivity index (χ3n) is 4.40. The highest BCUT2D eigenvalue weighted by Crippen LogP contribution is 2.38. The summed E-state index contributed by atoms with van der Waals surface area (Å²) in [5.41, 5.74) is -0.514. The second-order valence-corrected chi connectivity index (χ2v) is 6.25. The summed E-state index contributed by atoms with van der Waals surface area (Å²) in [5.74, 6) is -1.97. The van der Waals surface area contributed by atoms with Gasteiger partial charge in [-0.25, -0.2) is 9.18 Å². The summed E-state index contributed by atoms with van der Waals surface area (Å²) in [4.78, 5) is 26.3. The number of hydrogen-bond acceptors (Lipinski definition) is 3. The van der Waals surface area contributed by atoms with Crippen molar-refractivity contribution in [2.75, 3.05) is 12.0 Å². The molecule has 0 spiro atoms. The highest BCUT2D eigenvalue weighted by atomic mass is 19.4. The zero-order valence-electron chi connectivity index (χ0n) is 15.4. The Morgan fingerprint density at radius 3 is 2.34 bits per heavy atom. The van der Waals surface area contributed by atoms with E-state index in [2.05, 4.69) is 0 Å². The molecule has 4 nitrogen and oxygen atoms in total. The van der Waals surface area contributed by atoms with Gasteiger partial charge in [0.2, 0.25) is 0 Å². The van der Waals surface area contributed by atoms with Crippen molar-refractivity contribution in [3.63, 3.8) is 0 Å². The lowest BCUT2D eigenvalue weighted by Crippen LogP contribution is -2.24. The van der Waals surface area contributed by atoms with E-state index in [1.807, 2.05) is 0 Å². The number of allylic oxidation sites excluding steroid dienone is 1. The number of halogens is 4. The van der Waals surface area contributed by atoms with E-state index in [9.17, 15) is 27.2 Å². The Kier molecular flexibility index (Phi) is 5.28. The average Bonchev–Trinajstić information content (AvgIpc) is 2.92. The number of benzene rings is 2. The van der Waals surface area contributed by atoms with E-state index in [1.165, 1.54) is 49.4 Å². The summed E-state index contributed by atoms with van der Waals surface area (Å²) in [6.07, 6.45) is -3.22. The number of methoxy groups -OCH3 is 1. The predicted molar refractivity (Wildman–Crippen MR) is 98.0 cm³/mol. The molecule has 29 heavy (non-hydrogen) atoms. The summed E-state index contributed by atoms with van der Waals surface area (Å²) < 4.78 is 57.1. The molecular formula is C21H15F4NO3. The van der Waals surface area contributed by atoms with Crippen molar-refractivity contribution >= 4 is 23.6 Å². The van der Waals surface area contributed by atoms with Crippen LogP contribution < -0.4 is 4.90 Å². The minimum absolute atomic E-state index is 0.0359. The van der Waals surface area contributed by atoms with Crippen LogP contribution in [-0.4, -0.2) is 19.0 Å². The first kappa shape index (κ1) is 20.3. The highest BCUT2D eigenvalue weighted by Gasteiger charge is 2.39. The summed E-state index contributed by atoms with van der Waals surface area (Å²) in [7, 11) is 1.13. The monoisotopic (exact) mass is 405 g/mol. The Labute approximate surface area is 163 Å². The van der Waals surface area contributed by atoms with Crippen molar-refractivity contribution in [1.82, 2.24) is 0 Å². The molecule has 8 heteroatoms. The molecular weight excluding hydrogens is 390 g/mol. The van der Waals surface area contributed by atoms with Gasteiger partial charge in [-0.15, -0.1) is 0 Å². The normalized spacial score (nSPS) is 16.0. The number of alkyl halides is 3. The molecule has 2 aromatic carbocycles. The van der Waals surface area contributed by atoms with Crippen LogP contribution in [0.2, 0.25) is 0 Å². The van der Waals surface area contributed by atoms with Crippen molar-refractivity contribution < 1.29 is 31.9 Å². The summed E-state index contributed by atoms with van der Waals surface area (Å²) >= 11 is 0. The second-order valence-electron chi connectivity index (χ2n) is 6.25. The molecule has 0 fully saturated rings. The summed E-state index contributed by atoms with van der Waals surface area (Å²) in [5, 5.41) is 0. The summed E-state index contributed by atoms with van der Waals surface area (Å²) in [6.45, 7) is 1.44. The molecule has 0 N–H and O–H groups in total. The third-order valence-corrected chi connectivity index (χ3v) is 4.40. The van der Waals surface area contributed by atoms with Crippen molar-refractivity contribution in [3.05, 3.63) is 82.3 Å². The lowest BCUT2D eigenvalue weighted by molar-refractivity contribution is -0.137. The molecule has 1 heterocycles. The molecule has 1 aliphatic heterocycles. The lowest BCUT2D eigenvalue weighted by atomic mass is 10.0. The molecule has 0 bridgehead atoms. The fraction of sp³-hybridized carbons (Fsp3) is 0.143. The average molecular weight is 405 g/mol. The largest absolute Gasteiger partial charge is 0.465 e. The van der Waals surface area contributed by atoms with Gasteiger partial charge >= 0.3 is 12.1 Å². The number of carbonyl (C=O) groups is 2. The van der Waals surface area contributed by atoms with Gasteiger partial charge in [0, 0.05) is 11.4 Å². The first-order valence-electron chi connectivity index (χ1n) is 8.42. The fourth-order valence-electron chi connectivity index (χ4n) is 3.04. The van der Waals surface area contributed by atoms with E-state index < -0.39 is 29.4 Å². The molecule has 1 aliphatic rings. The summed E-state index contributed by atoms with van der Waals surface area (Å²) in [6, 6.07) is 9.43. The van der Waals surface area contributed by atoms with Crippen LogP contribution in [0.25, 0.3) is 6.08 Å². The number of rotatable bonds is 3. The third kappa shape index (κ3) is 3.91. The molecule has 1 amide bonds. The van der Waals surface area contributed by atoms with Crippen LogP contribution in [0.5, 0.6) is 0 Å². The maximum atomic E-state index is 13.1. The standard InChI is InChI=1S/C21H15F4NO3/c1-12-18(20(28)29-2)17(10-13-6-8-15(22)9-7-13)19(27)26(12)16-5-3-4-14(11-16)21(23,24)25/h3-11H,1-2H3/b17-10-. The van der Waals surface area contributed by atoms with Gasteiger partial charge in [-0.3, -0.25) is 9.69 Å². The van der Waals surface area contributed by atoms with Crippen molar-refractivity contribution in [3.8, 4) is 0 Å². The molecule has 0 saturated carbocycles. The quantitative estimate of drug-likeness (QED) is 0.422. The molecule has 0 aromatic heterocycles. The van der Waals surface area contributed by atoms with Crippen LogP contribution in [0.1, 0.15) is 18.1 Å². The van der Waals surface area contributed by atoms with Gasteiger partial charge in [-0.1, -0.05) is 18.2 Å². The van der Waals surface area contributed by atoms with Gasteiger partial charge in [0.05, 0.1) is 23.8 Å². The van der Waals surface area contributed by atoms with Gasteiger partial charge in [0.15, 0.2) is 0 Å². The number of hydrogen-bond donors (Lipinski definition) is 0. The van der Waals surface area contributed by atoms with Crippen molar-refractivity contribution in [2.45, 2.75) is 13.1 Å². The number of nitrogens with zero attached hydrogens (tertiary/aromatic N) is 1. The smallest absolute Gasteiger partial charge is 0.416 e. The minimum atomic E-state index is -4.59. The van der Waals surface area contributed by atoms with Crippen LogP contribution >= 0.6 is 0 Å². The van der Waals surface area contributed by atoms with Crippen molar-refractivity contribution in [2.24, 2.45) is 0 Å².